The van der Waals surface area contributed by atoms with Crippen LogP contribution >= 0.6 is 0 Å². The number of ether oxygens (including phenoxy) is 1. The minimum absolute atomic E-state index is 0.502. The van der Waals surface area contributed by atoms with Crippen molar-refractivity contribution >= 4 is 11.8 Å². The highest BCUT2D eigenvalue weighted by Gasteiger charge is 2.34. The third-order valence-electron chi connectivity index (χ3n) is 7.17. The Morgan fingerprint density at radius 2 is 1.76 bits per heavy atom. The lowest BCUT2D eigenvalue weighted by Gasteiger charge is -2.37. The van der Waals surface area contributed by atoms with E-state index in [0.717, 1.165) is 54.8 Å². The van der Waals surface area contributed by atoms with E-state index in [1.807, 2.05) is 11.4 Å². The summed E-state index contributed by atoms with van der Waals surface area (Å²) in [6.45, 7) is 12.7. The molecule has 1 N–H and O–H groups in total. The molecule has 1 fully saturated rings. The third-order valence-corrected chi connectivity index (χ3v) is 7.17. The van der Waals surface area contributed by atoms with Crippen molar-refractivity contribution in [3.63, 3.8) is 0 Å². The molecule has 0 spiro atoms. The minimum Gasteiger partial charge on any atom is -0.427 e. The monoisotopic (exact) mass is 522 g/mol. The number of carbonyl (C=O) groups is 1. The molecule has 0 bridgehead atoms. The van der Waals surface area contributed by atoms with Crippen molar-refractivity contribution in [3.8, 4) is 0 Å². The highest BCUT2D eigenvalue weighted by molar-refractivity contribution is 5.60. The van der Waals surface area contributed by atoms with E-state index in [-0.39, 0.29) is 0 Å². The molecule has 0 atom stereocenters. The number of carbonyl (C=O) groups excluding carboxylic acids is 1. The average molecular weight is 523 g/mol. The van der Waals surface area contributed by atoms with Crippen molar-refractivity contribution in [2.75, 3.05) is 13.1 Å². The summed E-state index contributed by atoms with van der Waals surface area (Å²) in [5, 5.41) is 17.4. The number of hydroxylamine groups is 2. The molecule has 8 heteroatoms. The standard InChI is InChI=1S/C30H42N4O4/c1-7-26-25(27-31-21(2)19-22(3)34(27)32-26)20-24-12-10-23(11-13-24)9-8-14-30(36)15-17-33(18-16-30)38-28(35)37-29(4,5)6/h10-13,19,36H,7-9,14-18,20H2,1-6H3. The first-order valence-electron chi connectivity index (χ1n) is 13.8. The van der Waals surface area contributed by atoms with Crippen LogP contribution in [0, 0.1) is 13.8 Å². The lowest BCUT2D eigenvalue weighted by molar-refractivity contribution is -0.176. The van der Waals surface area contributed by atoms with Gasteiger partial charge in [-0.15, -0.1) is 5.06 Å². The molecule has 0 aliphatic carbocycles. The zero-order valence-electron chi connectivity index (χ0n) is 23.7. The summed E-state index contributed by atoms with van der Waals surface area (Å²) >= 11 is 0. The molecule has 3 heterocycles. The van der Waals surface area contributed by atoms with Crippen LogP contribution in [0.4, 0.5) is 4.79 Å². The molecule has 0 saturated carbocycles. The van der Waals surface area contributed by atoms with Gasteiger partial charge < -0.3 is 14.7 Å². The van der Waals surface area contributed by atoms with Crippen molar-refractivity contribution in [3.05, 3.63) is 64.1 Å². The Labute approximate surface area is 225 Å². The Morgan fingerprint density at radius 3 is 2.39 bits per heavy atom. The molecule has 8 nitrogen and oxygen atoms in total. The molecule has 0 unspecified atom stereocenters. The summed E-state index contributed by atoms with van der Waals surface area (Å²) in [6, 6.07) is 10.8. The molecule has 2 aromatic heterocycles. The second-order valence-corrected chi connectivity index (χ2v) is 11.6. The summed E-state index contributed by atoms with van der Waals surface area (Å²) < 4.78 is 7.18. The summed E-state index contributed by atoms with van der Waals surface area (Å²) in [7, 11) is 0. The fourth-order valence-corrected chi connectivity index (χ4v) is 5.14. The molecule has 1 aliphatic heterocycles. The molecule has 1 aromatic carbocycles. The number of piperidine rings is 1. The van der Waals surface area contributed by atoms with Gasteiger partial charge in [-0.1, -0.05) is 31.2 Å². The molecule has 3 aromatic rings. The van der Waals surface area contributed by atoms with Crippen LogP contribution in [0.25, 0.3) is 5.65 Å². The number of aliphatic hydroxyl groups is 1. The van der Waals surface area contributed by atoms with E-state index in [1.165, 1.54) is 16.7 Å². The maximum absolute atomic E-state index is 11.9. The fourth-order valence-electron chi connectivity index (χ4n) is 5.14. The first kappa shape index (κ1) is 28.0. The normalized spacial score (nSPS) is 16.1. The molecular formula is C30H42N4O4. The fraction of sp³-hybridized carbons (Fsp3) is 0.567. The van der Waals surface area contributed by atoms with Crippen LogP contribution in [0.15, 0.2) is 30.3 Å². The minimum atomic E-state index is -0.725. The number of aromatic nitrogens is 3. The molecule has 0 amide bonds. The van der Waals surface area contributed by atoms with Gasteiger partial charge in [0.05, 0.1) is 11.3 Å². The van der Waals surface area contributed by atoms with Crippen LogP contribution in [-0.4, -0.2) is 55.2 Å². The summed E-state index contributed by atoms with van der Waals surface area (Å²) in [5.74, 6) is 0. The number of hydrogen-bond acceptors (Lipinski definition) is 7. The number of benzene rings is 1. The SMILES string of the molecule is CCc1nn2c(C)cc(C)nc2c1Cc1ccc(CCCC2(O)CCN(OC(=O)OC(C)(C)C)CC2)cc1. The zero-order chi connectivity index (χ0) is 27.5. The summed E-state index contributed by atoms with van der Waals surface area (Å²) in [5.41, 5.74) is 6.58. The van der Waals surface area contributed by atoms with Gasteiger partial charge in [0.15, 0.2) is 5.65 Å². The first-order chi connectivity index (χ1) is 17.9. The smallest absolute Gasteiger partial charge is 0.427 e. The highest BCUT2D eigenvalue weighted by atomic mass is 16.8. The maximum Gasteiger partial charge on any atom is 0.528 e. The number of hydrogen-bond donors (Lipinski definition) is 1. The predicted octanol–water partition coefficient (Wildman–Crippen LogP) is 5.52. The topological polar surface area (TPSA) is 89.2 Å². The molecule has 206 valence electrons. The van der Waals surface area contributed by atoms with Gasteiger partial charge in [0.25, 0.3) is 0 Å². The second-order valence-electron chi connectivity index (χ2n) is 11.6. The Balaban J connectivity index is 1.28. The second kappa shape index (κ2) is 11.4. The van der Waals surface area contributed by atoms with Crippen molar-refractivity contribution in [2.24, 2.45) is 0 Å². The summed E-state index contributed by atoms with van der Waals surface area (Å²) in [4.78, 5) is 22.0. The molecular weight excluding hydrogens is 480 g/mol. The third kappa shape index (κ3) is 7.11. The average Bonchev–Trinajstić information content (AvgIpc) is 3.18. The molecule has 1 aliphatic rings. The Bertz CT molecular complexity index is 1250. The van der Waals surface area contributed by atoms with Gasteiger partial charge in [-0.25, -0.2) is 14.3 Å². The van der Waals surface area contributed by atoms with Crippen LogP contribution in [0.1, 0.15) is 87.2 Å². The van der Waals surface area contributed by atoms with Crippen molar-refractivity contribution in [1.29, 1.82) is 0 Å². The maximum atomic E-state index is 11.9. The zero-order valence-corrected chi connectivity index (χ0v) is 23.7. The van der Waals surface area contributed by atoms with E-state index in [0.29, 0.717) is 25.9 Å². The van der Waals surface area contributed by atoms with Gasteiger partial charge in [0.2, 0.25) is 0 Å². The number of aryl methyl sites for hydroxylation is 4. The summed E-state index contributed by atoms with van der Waals surface area (Å²) in [6.07, 6.45) is 4.68. The molecule has 1 saturated heterocycles. The van der Waals surface area contributed by atoms with Gasteiger partial charge in [0.1, 0.15) is 5.60 Å². The van der Waals surface area contributed by atoms with Gasteiger partial charge in [-0.2, -0.15) is 5.10 Å². The van der Waals surface area contributed by atoms with E-state index in [1.54, 1.807) is 25.8 Å². The van der Waals surface area contributed by atoms with Gasteiger partial charge in [-0.05, 0) is 90.3 Å². The highest BCUT2D eigenvalue weighted by Crippen LogP contribution is 2.28. The van der Waals surface area contributed by atoms with Crippen LogP contribution in [0.5, 0.6) is 0 Å². The van der Waals surface area contributed by atoms with Crippen LogP contribution in [0.3, 0.4) is 0 Å². The lowest BCUT2D eigenvalue weighted by atomic mass is 9.86. The molecule has 4 rings (SSSR count). The molecule has 38 heavy (non-hydrogen) atoms. The Morgan fingerprint density at radius 1 is 1.11 bits per heavy atom. The van der Waals surface area contributed by atoms with Crippen LogP contribution in [-0.2, 0) is 28.8 Å². The van der Waals surface area contributed by atoms with Crippen molar-refractivity contribution in [1.82, 2.24) is 19.7 Å². The first-order valence-corrected chi connectivity index (χ1v) is 13.8. The van der Waals surface area contributed by atoms with Gasteiger partial charge >= 0.3 is 6.16 Å². The number of rotatable bonds is 8. The van der Waals surface area contributed by atoms with Crippen LogP contribution in [0.2, 0.25) is 0 Å². The van der Waals surface area contributed by atoms with Crippen molar-refractivity contribution < 1.29 is 19.5 Å². The number of fused-ring (bicyclic) bond motifs is 1. The van der Waals surface area contributed by atoms with E-state index in [4.69, 9.17) is 19.7 Å². The van der Waals surface area contributed by atoms with E-state index in [2.05, 4.69) is 44.2 Å². The quantitative estimate of drug-likeness (QED) is 0.390. The van der Waals surface area contributed by atoms with E-state index in [9.17, 15) is 9.90 Å². The van der Waals surface area contributed by atoms with E-state index >= 15 is 0 Å². The lowest BCUT2D eigenvalue weighted by Crippen LogP contribution is -2.45. The van der Waals surface area contributed by atoms with Crippen LogP contribution < -0.4 is 0 Å². The molecule has 0 radical (unpaired) electrons. The number of nitrogens with zero attached hydrogens (tertiary/aromatic N) is 4. The Hall–Kier alpha value is -2.97. The Kier molecular flexibility index (Phi) is 8.43. The van der Waals surface area contributed by atoms with Crippen molar-refractivity contribution in [2.45, 2.75) is 97.7 Å². The van der Waals surface area contributed by atoms with E-state index < -0.39 is 17.4 Å². The predicted molar refractivity (Wildman–Crippen MR) is 147 cm³/mol. The van der Waals surface area contributed by atoms with Gasteiger partial charge in [0, 0.05) is 36.5 Å². The van der Waals surface area contributed by atoms with Gasteiger partial charge in [-0.3, -0.25) is 0 Å². The largest absolute Gasteiger partial charge is 0.528 e.